The quantitative estimate of drug-likeness (QED) is 0.361. The van der Waals surface area contributed by atoms with Crippen LogP contribution in [-0.2, 0) is 6.42 Å². The second-order valence-electron chi connectivity index (χ2n) is 9.27. The van der Waals surface area contributed by atoms with Crippen LogP contribution in [0.4, 0.5) is 17.6 Å². The van der Waals surface area contributed by atoms with Gasteiger partial charge in [0.15, 0.2) is 17.3 Å². The summed E-state index contributed by atoms with van der Waals surface area (Å²) < 4.78 is 64.7. The first-order valence-electron chi connectivity index (χ1n) is 11.4. The van der Waals surface area contributed by atoms with Gasteiger partial charge >= 0.3 is 6.18 Å². The summed E-state index contributed by atoms with van der Waals surface area (Å²) in [6, 6.07) is 5.57. The highest BCUT2D eigenvalue weighted by molar-refractivity contribution is 5.87. The molecule has 0 radical (unpaired) electrons. The molecule has 198 valence electrons. The van der Waals surface area contributed by atoms with Gasteiger partial charge in [0.25, 0.3) is 0 Å². The molecule has 4 aromatic rings. The van der Waals surface area contributed by atoms with E-state index in [1.165, 1.54) is 33.7 Å². The molecule has 1 aromatic carbocycles. The number of fused-ring (bicyclic) bond motifs is 4. The molecule has 0 amide bonds. The predicted molar refractivity (Wildman–Crippen MR) is 135 cm³/mol. The summed E-state index contributed by atoms with van der Waals surface area (Å²) in [6.45, 7) is 2.32. The summed E-state index contributed by atoms with van der Waals surface area (Å²) in [6.07, 6.45) is -2.11. The first kappa shape index (κ1) is 27.3. The number of ether oxygens (including phenoxy) is 1. The van der Waals surface area contributed by atoms with E-state index in [2.05, 4.69) is 15.2 Å². The van der Waals surface area contributed by atoms with Gasteiger partial charge in [0.05, 0.1) is 5.52 Å². The Kier molecular flexibility index (Phi) is 7.28. The molecule has 0 spiro atoms. The fourth-order valence-corrected chi connectivity index (χ4v) is 5.15. The molecule has 0 bridgehead atoms. The normalized spacial score (nSPS) is 20.4. The highest BCUT2D eigenvalue weighted by Gasteiger charge is 2.46. The third kappa shape index (κ3) is 4.69. The molecule has 3 aromatic heterocycles. The number of benzene rings is 1. The van der Waals surface area contributed by atoms with Gasteiger partial charge in [0.2, 0.25) is 0 Å². The van der Waals surface area contributed by atoms with Gasteiger partial charge in [-0.2, -0.15) is 13.2 Å². The zero-order valence-corrected chi connectivity index (χ0v) is 21.2. The van der Waals surface area contributed by atoms with Crippen LogP contribution in [0.2, 0.25) is 0 Å². The molecule has 2 N–H and O–H groups in total. The zero-order valence-electron chi connectivity index (χ0n) is 19.6. The number of hydrogen-bond acceptors (Lipinski definition) is 6. The maximum Gasteiger partial charge on any atom is 0.408 e. The van der Waals surface area contributed by atoms with E-state index in [4.69, 9.17) is 10.5 Å². The third-order valence-corrected chi connectivity index (χ3v) is 6.71. The number of aromatic nitrogens is 4. The number of likely N-dealkylation sites (tertiary alicyclic amines) is 1. The molecular formula is C24H24Cl2F4N6O. The van der Waals surface area contributed by atoms with Crippen molar-refractivity contribution < 1.29 is 22.3 Å². The van der Waals surface area contributed by atoms with E-state index in [-0.39, 0.29) is 67.1 Å². The van der Waals surface area contributed by atoms with Gasteiger partial charge in [-0.25, -0.2) is 9.37 Å². The summed E-state index contributed by atoms with van der Waals surface area (Å²) in [5.41, 5.74) is 7.54. The number of alkyl halides is 3. The molecule has 1 fully saturated rings. The van der Waals surface area contributed by atoms with Gasteiger partial charge in [0.1, 0.15) is 23.6 Å². The Labute approximate surface area is 221 Å². The molecule has 2 aliphatic heterocycles. The van der Waals surface area contributed by atoms with Crippen LogP contribution in [0.5, 0.6) is 5.75 Å². The van der Waals surface area contributed by atoms with Gasteiger partial charge in [0, 0.05) is 42.7 Å². The molecule has 1 saturated heterocycles. The first-order valence-corrected chi connectivity index (χ1v) is 11.4. The number of pyridine rings is 2. The summed E-state index contributed by atoms with van der Waals surface area (Å²) in [5, 5.41) is 8.73. The molecule has 0 aliphatic carbocycles. The van der Waals surface area contributed by atoms with Crippen LogP contribution in [-0.4, -0.2) is 55.9 Å². The molecule has 1 unspecified atom stereocenters. The SMILES string of the molecule is CC1Cc2c(ccc3cc(F)c(-c4nnc5ccc([C@@H](N6CC[C@H](N)C6)C(F)(F)F)cn45)nc23)O1.Cl.Cl. The van der Waals surface area contributed by atoms with Crippen molar-refractivity contribution in [3.8, 4) is 17.3 Å². The molecule has 3 atom stereocenters. The lowest BCUT2D eigenvalue weighted by molar-refractivity contribution is -0.183. The largest absolute Gasteiger partial charge is 0.490 e. The highest BCUT2D eigenvalue weighted by atomic mass is 35.5. The molecule has 13 heteroatoms. The molecule has 5 heterocycles. The van der Waals surface area contributed by atoms with Crippen LogP contribution in [0.25, 0.3) is 28.1 Å². The van der Waals surface area contributed by atoms with Gasteiger partial charge in [-0.1, -0.05) is 6.07 Å². The average molecular weight is 559 g/mol. The van der Waals surface area contributed by atoms with Crippen LogP contribution in [0, 0.1) is 5.82 Å². The Morgan fingerprint density at radius 3 is 2.62 bits per heavy atom. The van der Waals surface area contributed by atoms with Crippen molar-refractivity contribution in [1.29, 1.82) is 0 Å². The van der Waals surface area contributed by atoms with Gasteiger partial charge in [-0.15, -0.1) is 35.0 Å². The van der Waals surface area contributed by atoms with Crippen LogP contribution in [0.3, 0.4) is 0 Å². The molecule has 7 nitrogen and oxygen atoms in total. The van der Waals surface area contributed by atoms with Crippen LogP contribution < -0.4 is 10.5 Å². The minimum Gasteiger partial charge on any atom is -0.490 e. The fraction of sp³-hybridized carbons (Fsp3) is 0.375. The van der Waals surface area contributed by atoms with Gasteiger partial charge < -0.3 is 10.5 Å². The minimum absolute atomic E-state index is 0. The monoisotopic (exact) mass is 558 g/mol. The minimum atomic E-state index is -4.52. The van der Waals surface area contributed by atoms with E-state index >= 15 is 4.39 Å². The summed E-state index contributed by atoms with van der Waals surface area (Å²) in [4.78, 5) is 5.89. The van der Waals surface area contributed by atoms with E-state index in [1.807, 2.05) is 6.92 Å². The molecule has 2 aliphatic rings. The topological polar surface area (TPSA) is 81.6 Å². The van der Waals surface area contributed by atoms with E-state index in [9.17, 15) is 13.2 Å². The summed E-state index contributed by atoms with van der Waals surface area (Å²) in [5.74, 6) is 0.0900. The maximum atomic E-state index is 15.2. The Hall–Kier alpha value is -2.73. The van der Waals surface area contributed by atoms with Crippen LogP contribution in [0.1, 0.15) is 30.5 Å². The number of nitrogens with zero attached hydrogens (tertiary/aromatic N) is 5. The highest BCUT2D eigenvalue weighted by Crippen LogP contribution is 2.40. The lowest BCUT2D eigenvalue weighted by atomic mass is 10.0. The Balaban J connectivity index is 0.00000160. The number of nitrogens with two attached hydrogens (primary N) is 1. The standard InChI is InChI=1S/C24H22F4N6O.2ClH/c1-12-8-16-18(35-12)4-2-13-9-17(25)21(30-20(13)16)23-32-31-19-5-3-14(10-34(19)23)22(24(26,27)28)33-7-6-15(29)11-33;;/h2-5,9-10,12,15,22H,6-8,11,29H2,1H3;2*1H/t12?,15-,22+;;/m0../s1. The van der Waals surface area contributed by atoms with Crippen molar-refractivity contribution in [2.75, 3.05) is 13.1 Å². The predicted octanol–water partition coefficient (Wildman–Crippen LogP) is 4.89. The maximum absolute atomic E-state index is 15.2. The molecule has 6 rings (SSSR count). The van der Waals surface area contributed by atoms with E-state index < -0.39 is 18.0 Å². The van der Waals surface area contributed by atoms with Crippen LogP contribution >= 0.6 is 24.8 Å². The van der Waals surface area contributed by atoms with Crippen molar-refractivity contribution in [2.45, 2.75) is 44.1 Å². The smallest absolute Gasteiger partial charge is 0.408 e. The Morgan fingerprint density at radius 2 is 1.92 bits per heavy atom. The van der Waals surface area contributed by atoms with E-state index in [0.29, 0.717) is 35.1 Å². The van der Waals surface area contributed by atoms with Crippen molar-refractivity contribution in [2.24, 2.45) is 5.73 Å². The zero-order chi connectivity index (χ0) is 24.5. The average Bonchev–Trinajstić information content (AvgIpc) is 3.50. The van der Waals surface area contributed by atoms with Crippen molar-refractivity contribution in [3.63, 3.8) is 0 Å². The van der Waals surface area contributed by atoms with Gasteiger partial charge in [-0.3, -0.25) is 9.30 Å². The number of rotatable bonds is 3. The molecule has 0 saturated carbocycles. The summed E-state index contributed by atoms with van der Waals surface area (Å²) >= 11 is 0. The van der Waals surface area contributed by atoms with E-state index in [0.717, 1.165) is 5.56 Å². The second-order valence-corrected chi connectivity index (χ2v) is 9.27. The lowest BCUT2D eigenvalue weighted by Crippen LogP contribution is -2.38. The Bertz CT molecular complexity index is 1460. The second kappa shape index (κ2) is 9.86. The Morgan fingerprint density at radius 1 is 1.14 bits per heavy atom. The fourth-order valence-electron chi connectivity index (χ4n) is 5.15. The third-order valence-electron chi connectivity index (χ3n) is 6.71. The van der Waals surface area contributed by atoms with Gasteiger partial charge in [-0.05, 0) is 43.2 Å². The van der Waals surface area contributed by atoms with Crippen molar-refractivity contribution in [1.82, 2.24) is 24.5 Å². The number of hydrogen-bond donors (Lipinski definition) is 1. The summed E-state index contributed by atoms with van der Waals surface area (Å²) in [7, 11) is 0. The lowest BCUT2D eigenvalue weighted by Gasteiger charge is -2.30. The van der Waals surface area contributed by atoms with Crippen molar-refractivity contribution in [3.05, 3.63) is 53.5 Å². The van der Waals surface area contributed by atoms with Crippen LogP contribution in [0.15, 0.2) is 36.5 Å². The first-order chi connectivity index (χ1) is 16.7. The van der Waals surface area contributed by atoms with Crippen molar-refractivity contribution >= 4 is 41.4 Å². The molecular weight excluding hydrogens is 535 g/mol. The van der Waals surface area contributed by atoms with E-state index in [1.54, 1.807) is 12.1 Å². The number of halogens is 6. The molecule has 37 heavy (non-hydrogen) atoms.